The van der Waals surface area contributed by atoms with Crippen molar-refractivity contribution in [2.24, 2.45) is 5.92 Å². The minimum absolute atomic E-state index is 0.186. The number of nitrogens with zero attached hydrogens (tertiary/aromatic N) is 1. The Morgan fingerprint density at radius 1 is 1.08 bits per heavy atom. The third kappa shape index (κ3) is 7.04. The molecule has 2 aliphatic carbocycles. The van der Waals surface area contributed by atoms with Crippen LogP contribution in [0.5, 0.6) is 0 Å². The monoisotopic (exact) mass is 546 g/mol. The Bertz CT molecular complexity index is 1290. The van der Waals surface area contributed by atoms with Crippen LogP contribution in [-0.4, -0.2) is 43.1 Å². The maximum absolute atomic E-state index is 13.4. The minimum atomic E-state index is -3.32. The second-order valence-electron chi connectivity index (χ2n) is 9.33. The lowest BCUT2D eigenvalue weighted by Gasteiger charge is -2.14. The van der Waals surface area contributed by atoms with Crippen LogP contribution in [0.3, 0.4) is 0 Å². The number of carbonyl (C=O) groups excluding carboxylic acids is 3. The number of hydrogen-bond acceptors (Lipinski definition) is 9. The molecule has 1 heterocycles. The summed E-state index contributed by atoms with van der Waals surface area (Å²) >= 11 is 1.16. The molecule has 0 bridgehead atoms. The molecule has 11 heteroatoms. The summed E-state index contributed by atoms with van der Waals surface area (Å²) in [6.07, 6.45) is 6.64. The van der Waals surface area contributed by atoms with E-state index in [9.17, 15) is 22.8 Å². The summed E-state index contributed by atoms with van der Waals surface area (Å²) in [5, 5.41) is 4.44. The van der Waals surface area contributed by atoms with Crippen LogP contribution in [0.15, 0.2) is 40.6 Å². The first kappa shape index (κ1) is 27.0. The molecule has 198 valence electrons. The molecule has 1 aromatic heterocycles. The van der Waals surface area contributed by atoms with Crippen molar-refractivity contribution in [3.63, 3.8) is 0 Å². The summed E-state index contributed by atoms with van der Waals surface area (Å²) in [4.78, 5) is 40.7. The summed E-state index contributed by atoms with van der Waals surface area (Å²) in [6.45, 7) is 2.32. The lowest BCUT2D eigenvalue weighted by molar-refractivity contribution is -0.157. The van der Waals surface area contributed by atoms with Gasteiger partial charge in [-0.05, 0) is 49.3 Å². The van der Waals surface area contributed by atoms with Crippen molar-refractivity contribution in [3.8, 4) is 0 Å². The number of aromatic nitrogens is 1. The molecular weight excluding hydrogens is 516 g/mol. The van der Waals surface area contributed by atoms with Gasteiger partial charge < -0.3 is 9.47 Å². The number of esters is 2. The number of nitrogens with one attached hydrogen (secondary N) is 1. The number of rotatable bonds is 10. The normalized spacial score (nSPS) is 17.3. The molecule has 1 N–H and O–H groups in total. The van der Waals surface area contributed by atoms with Gasteiger partial charge in [-0.15, -0.1) is 11.3 Å². The largest absolute Gasteiger partial charge is 0.461 e. The van der Waals surface area contributed by atoms with Gasteiger partial charge >= 0.3 is 11.9 Å². The fourth-order valence-corrected chi connectivity index (χ4v) is 6.69. The summed E-state index contributed by atoms with van der Waals surface area (Å²) < 4.78 is 35.4. The van der Waals surface area contributed by atoms with E-state index in [0.717, 1.165) is 37.0 Å². The molecule has 0 spiro atoms. The maximum Gasteiger partial charge on any atom is 0.303 e. The molecule has 2 fully saturated rings. The van der Waals surface area contributed by atoms with E-state index in [1.54, 1.807) is 29.6 Å². The summed E-state index contributed by atoms with van der Waals surface area (Å²) in [5.41, 5.74) is 1.44. The lowest BCUT2D eigenvalue weighted by Crippen LogP contribution is -2.18. The van der Waals surface area contributed by atoms with Crippen molar-refractivity contribution in [1.29, 1.82) is 0 Å². The van der Waals surface area contributed by atoms with Gasteiger partial charge in [0.1, 0.15) is 6.61 Å². The number of sulfone groups is 1. The van der Waals surface area contributed by atoms with Crippen LogP contribution in [0.2, 0.25) is 0 Å². The minimum Gasteiger partial charge on any atom is -0.461 e. The molecule has 1 aromatic carbocycles. The number of hydrogen-bond donors (Lipinski definition) is 1. The Labute approximate surface area is 220 Å². The fraction of sp³-hybridized carbons (Fsp3) is 0.462. The summed E-state index contributed by atoms with van der Waals surface area (Å²) in [7, 11) is -3.32. The highest BCUT2D eigenvalue weighted by molar-refractivity contribution is 7.92. The van der Waals surface area contributed by atoms with Crippen molar-refractivity contribution in [2.75, 3.05) is 11.9 Å². The predicted octanol–water partition coefficient (Wildman–Crippen LogP) is 4.46. The van der Waals surface area contributed by atoms with Gasteiger partial charge in [-0.3, -0.25) is 19.7 Å². The zero-order valence-electron chi connectivity index (χ0n) is 20.8. The first-order valence-electron chi connectivity index (χ1n) is 12.3. The van der Waals surface area contributed by atoms with Crippen LogP contribution in [0.4, 0.5) is 5.13 Å². The van der Waals surface area contributed by atoms with Gasteiger partial charge in [-0.25, -0.2) is 13.4 Å². The Morgan fingerprint density at radius 3 is 2.35 bits per heavy atom. The fourth-order valence-electron chi connectivity index (χ4n) is 4.29. The maximum atomic E-state index is 13.4. The van der Waals surface area contributed by atoms with E-state index in [4.69, 9.17) is 9.47 Å². The van der Waals surface area contributed by atoms with Crippen LogP contribution in [0, 0.1) is 5.92 Å². The van der Waals surface area contributed by atoms with Gasteiger partial charge in [-0.1, -0.05) is 31.1 Å². The molecule has 2 aliphatic rings. The Kier molecular flexibility index (Phi) is 8.43. The quantitative estimate of drug-likeness (QED) is 0.342. The topological polar surface area (TPSA) is 129 Å². The molecule has 2 saturated carbocycles. The Morgan fingerprint density at radius 2 is 1.76 bits per heavy atom. The second kappa shape index (κ2) is 11.6. The van der Waals surface area contributed by atoms with Crippen LogP contribution >= 0.6 is 11.3 Å². The molecule has 9 nitrogen and oxygen atoms in total. The first-order chi connectivity index (χ1) is 17.6. The van der Waals surface area contributed by atoms with E-state index in [0.29, 0.717) is 34.8 Å². The van der Waals surface area contributed by atoms with Gasteiger partial charge in [0.2, 0.25) is 0 Å². The van der Waals surface area contributed by atoms with Gasteiger partial charge in [0.15, 0.2) is 21.1 Å². The van der Waals surface area contributed by atoms with E-state index >= 15 is 0 Å². The van der Waals surface area contributed by atoms with Crippen molar-refractivity contribution in [3.05, 3.63) is 47.0 Å². The molecular formula is C26H30N2O7S2. The third-order valence-corrected chi connectivity index (χ3v) is 9.38. The number of ether oxygens (including phenoxy) is 2. The number of benzene rings is 1. The average Bonchev–Trinajstić information content (AvgIpc) is 3.41. The highest BCUT2D eigenvalue weighted by Gasteiger charge is 2.36. The molecule has 2 aromatic rings. The van der Waals surface area contributed by atoms with Gasteiger partial charge in [0.05, 0.1) is 15.8 Å². The molecule has 0 radical (unpaired) electrons. The Hall–Kier alpha value is -3.05. The molecule has 0 aliphatic heterocycles. The molecule has 37 heavy (non-hydrogen) atoms. The average molecular weight is 547 g/mol. The van der Waals surface area contributed by atoms with E-state index in [-0.39, 0.29) is 28.6 Å². The smallest absolute Gasteiger partial charge is 0.303 e. The van der Waals surface area contributed by atoms with Gasteiger partial charge in [0.25, 0.3) is 5.91 Å². The SMILES string of the molecule is CC(=O)OCC(OC(C)=O)c1csc(NC(=O)/C(=C/C2CCCC2)c2ccc(S(=O)(=O)C3CC3)cc2)n1. The van der Waals surface area contributed by atoms with Crippen LogP contribution in [-0.2, 0) is 33.7 Å². The van der Waals surface area contributed by atoms with Crippen molar-refractivity contribution < 1.29 is 32.3 Å². The summed E-state index contributed by atoms with van der Waals surface area (Å²) in [6, 6.07) is 6.50. The van der Waals surface area contributed by atoms with Crippen LogP contribution < -0.4 is 5.32 Å². The number of thiazole rings is 1. The van der Waals surface area contributed by atoms with Crippen LogP contribution in [0.1, 0.15) is 69.7 Å². The number of carbonyl (C=O) groups is 3. The molecule has 1 amide bonds. The molecule has 4 rings (SSSR count). The predicted molar refractivity (Wildman–Crippen MR) is 138 cm³/mol. The van der Waals surface area contributed by atoms with E-state index in [1.807, 2.05) is 6.08 Å². The number of amides is 1. The van der Waals surface area contributed by atoms with Crippen molar-refractivity contribution in [1.82, 2.24) is 4.98 Å². The number of allylic oxidation sites excluding steroid dienone is 1. The standard InChI is InChI=1S/C26H30N2O7S2/c1-16(29)34-14-24(35-17(2)30)23-15-36-26(27-23)28-25(31)22(13-18-5-3-4-6-18)19-7-9-20(10-8-19)37(32,33)21-11-12-21/h7-10,13,15,18,21,24H,3-6,11-12,14H2,1-2H3,(H,27,28,31)/b22-13+. The lowest BCUT2D eigenvalue weighted by atomic mass is 9.98. The zero-order valence-corrected chi connectivity index (χ0v) is 22.4. The summed E-state index contributed by atoms with van der Waals surface area (Å²) in [5.74, 6) is -1.17. The Balaban J connectivity index is 1.54. The van der Waals surface area contributed by atoms with Crippen molar-refractivity contribution in [2.45, 2.75) is 68.6 Å². The molecule has 1 atom stereocenters. The molecule has 1 unspecified atom stereocenters. The van der Waals surface area contributed by atoms with Crippen LogP contribution in [0.25, 0.3) is 5.57 Å². The number of anilines is 1. The van der Waals surface area contributed by atoms with Gasteiger partial charge in [-0.2, -0.15) is 0 Å². The molecule has 0 saturated heterocycles. The van der Waals surface area contributed by atoms with E-state index in [2.05, 4.69) is 10.3 Å². The van der Waals surface area contributed by atoms with Gasteiger partial charge in [0, 0.05) is 24.8 Å². The van der Waals surface area contributed by atoms with E-state index in [1.165, 1.54) is 13.8 Å². The highest BCUT2D eigenvalue weighted by atomic mass is 32.2. The highest BCUT2D eigenvalue weighted by Crippen LogP contribution is 2.35. The third-order valence-electron chi connectivity index (χ3n) is 6.32. The first-order valence-corrected chi connectivity index (χ1v) is 14.7. The zero-order chi connectivity index (χ0) is 26.6. The van der Waals surface area contributed by atoms with Crippen molar-refractivity contribution >= 4 is 49.7 Å². The second-order valence-corrected chi connectivity index (χ2v) is 12.4. The van der Waals surface area contributed by atoms with E-state index < -0.39 is 27.9 Å².